The van der Waals surface area contributed by atoms with Gasteiger partial charge in [0.25, 0.3) is 0 Å². The maximum atomic E-state index is 13.8. The van der Waals surface area contributed by atoms with Crippen molar-refractivity contribution < 1.29 is 18.4 Å². The van der Waals surface area contributed by atoms with E-state index in [2.05, 4.69) is 21.0 Å². The van der Waals surface area contributed by atoms with Crippen molar-refractivity contribution in [3.8, 4) is 11.6 Å². The van der Waals surface area contributed by atoms with Gasteiger partial charge >= 0.3 is 5.69 Å². The molecule has 0 bridgehead atoms. The predicted molar refractivity (Wildman–Crippen MR) is 73.7 cm³/mol. The minimum Gasteiger partial charge on any atom is -0.436 e. The van der Waals surface area contributed by atoms with Crippen LogP contribution in [0.15, 0.2) is 12.1 Å². The fourth-order valence-electron chi connectivity index (χ4n) is 1.80. The zero-order chi connectivity index (χ0) is 15.7. The van der Waals surface area contributed by atoms with Gasteiger partial charge in [-0.05, 0) is 6.92 Å². The highest BCUT2D eigenvalue weighted by molar-refractivity contribution is 9.08. The van der Waals surface area contributed by atoms with Gasteiger partial charge in [-0.15, -0.1) is 0 Å². The number of alkyl halides is 1. The summed E-state index contributed by atoms with van der Waals surface area (Å²) in [5, 5.41) is 15.1. The molecule has 0 unspecified atom stereocenters. The molecular formula is C12H10BrF2N3O3. The normalized spacial score (nSPS) is 10.7. The summed E-state index contributed by atoms with van der Waals surface area (Å²) >= 11 is 3.26. The highest BCUT2D eigenvalue weighted by Gasteiger charge is 2.22. The minimum atomic E-state index is -1.17. The number of hydrogen-bond acceptors (Lipinski definition) is 4. The third-order valence-electron chi connectivity index (χ3n) is 2.83. The maximum Gasteiger partial charge on any atom is 0.307 e. The number of aryl methyl sites for hydroxylation is 2. The van der Waals surface area contributed by atoms with E-state index in [-0.39, 0.29) is 5.88 Å². The number of nitro groups is 1. The van der Waals surface area contributed by atoms with Crippen molar-refractivity contribution in [2.45, 2.75) is 12.3 Å². The van der Waals surface area contributed by atoms with Gasteiger partial charge in [0, 0.05) is 24.0 Å². The van der Waals surface area contributed by atoms with Crippen LogP contribution in [-0.2, 0) is 12.4 Å². The molecule has 2 aromatic rings. The van der Waals surface area contributed by atoms with Gasteiger partial charge in [0.2, 0.25) is 11.7 Å². The number of aromatic nitrogens is 2. The molecule has 6 nitrogen and oxygen atoms in total. The van der Waals surface area contributed by atoms with Gasteiger partial charge in [0.15, 0.2) is 11.6 Å². The Morgan fingerprint density at radius 2 is 2.10 bits per heavy atom. The lowest BCUT2D eigenvalue weighted by atomic mass is 10.2. The van der Waals surface area contributed by atoms with Crippen molar-refractivity contribution in [3.63, 3.8) is 0 Å². The fraction of sp³-hybridized carbons (Fsp3) is 0.250. The lowest BCUT2D eigenvalue weighted by Crippen LogP contribution is -2.00. The van der Waals surface area contributed by atoms with Crippen LogP contribution in [0.4, 0.5) is 14.5 Å². The summed E-state index contributed by atoms with van der Waals surface area (Å²) in [5.41, 5.74) is 0.407. The molecular weight excluding hydrogens is 352 g/mol. The SMILES string of the molecule is Cc1nn(C)c(Oc2cc(F)c([N+](=O)[O-])cc2F)c1CBr. The second-order valence-corrected chi connectivity index (χ2v) is 4.78. The molecule has 21 heavy (non-hydrogen) atoms. The average molecular weight is 362 g/mol. The standard InChI is InChI=1S/C12H10BrF2N3O3/c1-6-7(5-13)12(17(2)16-6)21-11-4-8(14)10(18(19)20)3-9(11)15/h3-4H,5H2,1-2H3. The van der Waals surface area contributed by atoms with E-state index in [0.29, 0.717) is 28.7 Å². The van der Waals surface area contributed by atoms with Crippen molar-refractivity contribution in [1.82, 2.24) is 9.78 Å². The van der Waals surface area contributed by atoms with Crippen LogP contribution in [0.25, 0.3) is 0 Å². The van der Waals surface area contributed by atoms with Crippen molar-refractivity contribution >= 4 is 21.6 Å². The summed E-state index contributed by atoms with van der Waals surface area (Å²) in [4.78, 5) is 9.54. The summed E-state index contributed by atoms with van der Waals surface area (Å²) in [6, 6.07) is 1.13. The first kappa shape index (κ1) is 15.4. The van der Waals surface area contributed by atoms with Crippen LogP contribution in [0.1, 0.15) is 11.3 Å². The van der Waals surface area contributed by atoms with Crippen LogP contribution in [0.5, 0.6) is 11.6 Å². The second kappa shape index (κ2) is 5.76. The van der Waals surface area contributed by atoms with E-state index in [0.717, 1.165) is 0 Å². The fourth-order valence-corrected chi connectivity index (χ4v) is 2.45. The Labute approximate surface area is 126 Å². The zero-order valence-electron chi connectivity index (χ0n) is 11.1. The van der Waals surface area contributed by atoms with Gasteiger partial charge in [-0.2, -0.15) is 9.49 Å². The summed E-state index contributed by atoms with van der Waals surface area (Å²) in [6.45, 7) is 1.75. The monoisotopic (exact) mass is 361 g/mol. The Hall–Kier alpha value is -2.03. The third-order valence-corrected chi connectivity index (χ3v) is 3.39. The first-order valence-electron chi connectivity index (χ1n) is 5.74. The Morgan fingerprint density at radius 3 is 2.67 bits per heavy atom. The molecule has 0 N–H and O–H groups in total. The molecule has 2 rings (SSSR count). The van der Waals surface area contributed by atoms with Crippen molar-refractivity contribution in [2.75, 3.05) is 0 Å². The van der Waals surface area contributed by atoms with Crippen LogP contribution in [0.3, 0.4) is 0 Å². The number of benzene rings is 1. The van der Waals surface area contributed by atoms with E-state index in [9.17, 15) is 18.9 Å². The Kier molecular flexibility index (Phi) is 4.21. The van der Waals surface area contributed by atoms with Gasteiger partial charge in [-0.25, -0.2) is 9.07 Å². The van der Waals surface area contributed by atoms with E-state index < -0.39 is 28.0 Å². The third kappa shape index (κ3) is 2.87. The molecule has 0 aliphatic carbocycles. The van der Waals surface area contributed by atoms with E-state index in [4.69, 9.17) is 4.74 Å². The van der Waals surface area contributed by atoms with E-state index in [1.807, 2.05) is 0 Å². The number of nitrogens with zero attached hydrogens (tertiary/aromatic N) is 3. The second-order valence-electron chi connectivity index (χ2n) is 4.22. The lowest BCUT2D eigenvalue weighted by Gasteiger charge is -2.08. The van der Waals surface area contributed by atoms with Crippen molar-refractivity contribution in [2.24, 2.45) is 7.05 Å². The molecule has 0 amide bonds. The Balaban J connectivity index is 2.46. The molecule has 1 heterocycles. The maximum absolute atomic E-state index is 13.8. The van der Waals surface area contributed by atoms with Crippen LogP contribution in [0, 0.1) is 28.7 Å². The molecule has 0 spiro atoms. The zero-order valence-corrected chi connectivity index (χ0v) is 12.6. The first-order valence-corrected chi connectivity index (χ1v) is 6.87. The van der Waals surface area contributed by atoms with Crippen LogP contribution < -0.4 is 4.74 Å². The molecule has 0 radical (unpaired) electrons. The summed E-state index contributed by atoms with van der Waals surface area (Å²) < 4.78 is 34.1. The molecule has 0 saturated carbocycles. The molecule has 0 atom stereocenters. The summed E-state index contributed by atoms with van der Waals surface area (Å²) in [7, 11) is 1.59. The van der Waals surface area contributed by atoms with E-state index >= 15 is 0 Å². The van der Waals surface area contributed by atoms with Gasteiger partial charge in [0.05, 0.1) is 16.7 Å². The van der Waals surface area contributed by atoms with Gasteiger partial charge < -0.3 is 4.74 Å². The molecule has 0 saturated heterocycles. The molecule has 9 heteroatoms. The van der Waals surface area contributed by atoms with Gasteiger partial charge in [0.1, 0.15) is 0 Å². The highest BCUT2D eigenvalue weighted by Crippen LogP contribution is 2.33. The summed E-state index contributed by atoms with van der Waals surface area (Å²) in [6.07, 6.45) is 0. The molecule has 1 aromatic carbocycles. The Morgan fingerprint density at radius 1 is 1.43 bits per heavy atom. The van der Waals surface area contributed by atoms with Crippen LogP contribution >= 0.6 is 15.9 Å². The molecule has 0 aliphatic rings. The molecule has 0 fully saturated rings. The van der Waals surface area contributed by atoms with E-state index in [1.165, 1.54) is 4.68 Å². The van der Waals surface area contributed by atoms with Crippen LogP contribution in [0.2, 0.25) is 0 Å². The minimum absolute atomic E-state index is 0.233. The lowest BCUT2D eigenvalue weighted by molar-refractivity contribution is -0.387. The van der Waals surface area contributed by atoms with Gasteiger partial charge in [-0.1, -0.05) is 15.9 Å². The predicted octanol–water partition coefficient (Wildman–Crippen LogP) is 3.60. The Bertz CT molecular complexity index is 718. The smallest absolute Gasteiger partial charge is 0.307 e. The quantitative estimate of drug-likeness (QED) is 0.473. The highest BCUT2D eigenvalue weighted by atomic mass is 79.9. The molecule has 112 valence electrons. The number of rotatable bonds is 4. The first-order chi connectivity index (χ1) is 9.85. The number of hydrogen-bond donors (Lipinski definition) is 0. The van der Waals surface area contributed by atoms with Crippen LogP contribution in [-0.4, -0.2) is 14.7 Å². The topological polar surface area (TPSA) is 70.2 Å². The molecule has 1 aromatic heterocycles. The van der Waals surface area contributed by atoms with E-state index in [1.54, 1.807) is 14.0 Å². The summed E-state index contributed by atoms with van der Waals surface area (Å²) in [5.74, 6) is -2.40. The number of ether oxygens (including phenoxy) is 1. The van der Waals surface area contributed by atoms with Crippen molar-refractivity contribution in [3.05, 3.63) is 45.1 Å². The number of nitro benzene ring substituents is 1. The average Bonchev–Trinajstić information content (AvgIpc) is 2.67. The largest absolute Gasteiger partial charge is 0.436 e. The number of halogens is 3. The van der Waals surface area contributed by atoms with Crippen molar-refractivity contribution in [1.29, 1.82) is 0 Å². The molecule has 0 aliphatic heterocycles. The van der Waals surface area contributed by atoms with Gasteiger partial charge in [-0.3, -0.25) is 10.1 Å².